The minimum Gasteiger partial charge on any atom is -0.369 e. The largest absolute Gasteiger partial charge is 0.369 e. The molecule has 1 unspecified atom stereocenters. The highest BCUT2D eigenvalue weighted by Crippen LogP contribution is 2.35. The van der Waals surface area contributed by atoms with Crippen LogP contribution in [0, 0.1) is 0 Å². The van der Waals surface area contributed by atoms with Crippen LogP contribution in [0.5, 0.6) is 0 Å². The van der Waals surface area contributed by atoms with Crippen LogP contribution in [0.2, 0.25) is 5.02 Å². The van der Waals surface area contributed by atoms with Crippen molar-refractivity contribution in [1.82, 2.24) is 4.98 Å². The van der Waals surface area contributed by atoms with Crippen molar-refractivity contribution < 1.29 is 4.79 Å². The van der Waals surface area contributed by atoms with Crippen LogP contribution in [0.1, 0.15) is 5.56 Å². The fourth-order valence-electron chi connectivity index (χ4n) is 2.67. The summed E-state index contributed by atoms with van der Waals surface area (Å²) in [6.45, 7) is 0.281. The molecule has 0 aliphatic carbocycles. The summed E-state index contributed by atoms with van der Waals surface area (Å²) in [5.74, 6) is -0.439. The van der Waals surface area contributed by atoms with E-state index < -0.39 is 11.3 Å². The average Bonchev–Trinajstić information content (AvgIpc) is 2.62. The monoisotopic (exact) mass is 403 g/mol. The summed E-state index contributed by atoms with van der Waals surface area (Å²) in [6.07, 6.45) is 5.36. The highest BCUT2D eigenvalue weighted by atomic mass is 79.9. The maximum Gasteiger partial charge on any atom is 0.233 e. The number of primary amides is 1. The second kappa shape index (κ2) is 6.87. The number of rotatable bonds is 4. The Labute approximate surface area is 153 Å². The van der Waals surface area contributed by atoms with Crippen molar-refractivity contribution in [1.29, 1.82) is 0 Å². The summed E-state index contributed by atoms with van der Waals surface area (Å²) < 4.78 is 0. The number of carbonyl (C=O) groups is 1. The SMILES string of the molecule is NC(=O)C1(c2ccc(Cl)c(-c3ccccn3)c2)C=CC(CBr)=NC1. The Balaban J connectivity index is 2.10. The maximum atomic E-state index is 12.2. The molecule has 1 aromatic carbocycles. The number of hydrogen-bond donors (Lipinski definition) is 1. The number of dihydropyridines is 1. The van der Waals surface area contributed by atoms with Crippen molar-refractivity contribution in [3.05, 3.63) is 65.3 Å². The molecule has 1 aliphatic heterocycles. The van der Waals surface area contributed by atoms with Crippen LogP contribution in [-0.4, -0.2) is 28.5 Å². The van der Waals surface area contributed by atoms with Crippen molar-refractivity contribution in [2.45, 2.75) is 5.41 Å². The number of carbonyl (C=O) groups excluding carboxylic acids is 1. The van der Waals surface area contributed by atoms with Crippen LogP contribution in [0.15, 0.2) is 59.7 Å². The smallest absolute Gasteiger partial charge is 0.233 e. The lowest BCUT2D eigenvalue weighted by atomic mass is 9.77. The van der Waals surface area contributed by atoms with Gasteiger partial charge in [0.1, 0.15) is 5.41 Å². The minimum atomic E-state index is -0.972. The topological polar surface area (TPSA) is 68.3 Å². The molecule has 3 rings (SSSR count). The van der Waals surface area contributed by atoms with Crippen molar-refractivity contribution in [3.8, 4) is 11.3 Å². The van der Waals surface area contributed by atoms with E-state index in [4.69, 9.17) is 17.3 Å². The van der Waals surface area contributed by atoms with Gasteiger partial charge in [-0.1, -0.05) is 45.7 Å². The highest BCUT2D eigenvalue weighted by molar-refractivity contribution is 9.09. The van der Waals surface area contributed by atoms with Crippen LogP contribution in [0.4, 0.5) is 0 Å². The first-order valence-electron chi connectivity index (χ1n) is 7.37. The number of alkyl halides is 1. The van der Waals surface area contributed by atoms with Gasteiger partial charge in [-0.15, -0.1) is 0 Å². The Morgan fingerprint density at radius 2 is 2.17 bits per heavy atom. The zero-order valence-electron chi connectivity index (χ0n) is 12.7. The number of amides is 1. The predicted molar refractivity (Wildman–Crippen MR) is 101 cm³/mol. The fourth-order valence-corrected chi connectivity index (χ4v) is 3.25. The fraction of sp³-hybridized carbons (Fsp3) is 0.167. The lowest BCUT2D eigenvalue weighted by Crippen LogP contribution is -2.44. The third kappa shape index (κ3) is 3.01. The van der Waals surface area contributed by atoms with E-state index in [1.165, 1.54) is 0 Å². The second-order valence-corrected chi connectivity index (χ2v) is 6.49. The van der Waals surface area contributed by atoms with Crippen LogP contribution in [-0.2, 0) is 10.2 Å². The number of hydrogen-bond acceptors (Lipinski definition) is 3. The molecule has 0 bridgehead atoms. The summed E-state index contributed by atoms with van der Waals surface area (Å²) in [5, 5.41) is 1.21. The molecule has 1 aliphatic rings. The Kier molecular flexibility index (Phi) is 4.83. The normalized spacial score (nSPS) is 19.8. The number of nitrogens with zero attached hydrogens (tertiary/aromatic N) is 2. The van der Waals surface area contributed by atoms with Gasteiger partial charge in [-0.2, -0.15) is 0 Å². The summed E-state index contributed by atoms with van der Waals surface area (Å²) in [4.78, 5) is 21.0. The molecule has 2 heterocycles. The molecule has 0 radical (unpaired) electrons. The van der Waals surface area contributed by atoms with E-state index in [1.807, 2.05) is 42.5 Å². The van der Waals surface area contributed by atoms with E-state index in [0.29, 0.717) is 10.4 Å². The van der Waals surface area contributed by atoms with Gasteiger partial charge in [0.15, 0.2) is 0 Å². The summed E-state index contributed by atoms with van der Waals surface area (Å²) >= 11 is 9.70. The molecule has 24 heavy (non-hydrogen) atoms. The second-order valence-electron chi connectivity index (χ2n) is 5.52. The first-order chi connectivity index (χ1) is 11.6. The van der Waals surface area contributed by atoms with E-state index in [1.54, 1.807) is 12.3 Å². The summed E-state index contributed by atoms with van der Waals surface area (Å²) in [5.41, 5.74) is 7.90. The van der Waals surface area contributed by atoms with Crippen LogP contribution >= 0.6 is 27.5 Å². The third-order valence-corrected chi connectivity index (χ3v) is 4.99. The molecule has 6 heteroatoms. The van der Waals surface area contributed by atoms with Gasteiger partial charge in [0.2, 0.25) is 5.91 Å². The van der Waals surface area contributed by atoms with Gasteiger partial charge in [0.25, 0.3) is 0 Å². The van der Waals surface area contributed by atoms with E-state index in [2.05, 4.69) is 25.9 Å². The molecule has 1 amide bonds. The molecule has 1 aromatic heterocycles. The van der Waals surface area contributed by atoms with Gasteiger partial charge in [-0.25, -0.2) is 0 Å². The molecule has 0 spiro atoms. The number of aliphatic imine (C=N–C) groups is 1. The van der Waals surface area contributed by atoms with Gasteiger partial charge in [0.05, 0.1) is 12.2 Å². The van der Waals surface area contributed by atoms with Crippen molar-refractivity contribution in [3.63, 3.8) is 0 Å². The van der Waals surface area contributed by atoms with Gasteiger partial charge in [-0.3, -0.25) is 14.8 Å². The molecule has 0 saturated heterocycles. The van der Waals surface area contributed by atoms with E-state index in [0.717, 1.165) is 22.5 Å². The van der Waals surface area contributed by atoms with Crippen molar-refractivity contribution in [2.24, 2.45) is 10.7 Å². The number of benzene rings is 1. The van der Waals surface area contributed by atoms with Crippen molar-refractivity contribution in [2.75, 3.05) is 11.9 Å². The number of pyridine rings is 1. The average molecular weight is 405 g/mol. The van der Waals surface area contributed by atoms with E-state index >= 15 is 0 Å². The standard InChI is InChI=1S/C18H15BrClN3O/c19-10-13-6-7-18(11-23-13,17(21)24)12-4-5-15(20)14(9-12)16-3-1-2-8-22-16/h1-9H,10-11H2,(H2,21,24). The van der Waals surface area contributed by atoms with Gasteiger partial charge in [0, 0.05) is 27.8 Å². The van der Waals surface area contributed by atoms with Gasteiger partial charge in [-0.05, 0) is 35.9 Å². The minimum absolute atomic E-state index is 0.281. The third-order valence-electron chi connectivity index (χ3n) is 4.09. The molecule has 1 atom stereocenters. The quantitative estimate of drug-likeness (QED) is 0.792. The lowest BCUT2D eigenvalue weighted by molar-refractivity contribution is -0.121. The molecule has 0 fully saturated rings. The molecule has 4 nitrogen and oxygen atoms in total. The Hall–Kier alpha value is -1.98. The van der Waals surface area contributed by atoms with E-state index in [-0.39, 0.29) is 6.54 Å². The maximum absolute atomic E-state index is 12.2. The van der Waals surface area contributed by atoms with E-state index in [9.17, 15) is 4.79 Å². The number of aromatic nitrogens is 1. The number of halogens is 2. The lowest BCUT2D eigenvalue weighted by Gasteiger charge is -2.29. The number of nitrogens with two attached hydrogens (primary N) is 1. The zero-order valence-corrected chi connectivity index (χ0v) is 15.1. The zero-order chi connectivity index (χ0) is 17.2. The molecular weight excluding hydrogens is 390 g/mol. The molecule has 0 saturated carbocycles. The summed E-state index contributed by atoms with van der Waals surface area (Å²) in [7, 11) is 0. The first kappa shape index (κ1) is 16.9. The molecule has 2 aromatic rings. The number of allylic oxidation sites excluding steroid dienone is 1. The van der Waals surface area contributed by atoms with Gasteiger partial charge >= 0.3 is 0 Å². The molecule has 122 valence electrons. The molecular formula is C18H15BrClN3O. The Morgan fingerprint density at radius 1 is 1.33 bits per heavy atom. The predicted octanol–water partition coefficient (Wildman–Crippen LogP) is 3.53. The highest BCUT2D eigenvalue weighted by Gasteiger charge is 2.38. The Bertz CT molecular complexity index is 835. The van der Waals surface area contributed by atoms with Crippen LogP contribution in [0.25, 0.3) is 11.3 Å². The molecule has 2 N–H and O–H groups in total. The Morgan fingerprint density at radius 3 is 2.75 bits per heavy atom. The first-order valence-corrected chi connectivity index (χ1v) is 8.86. The van der Waals surface area contributed by atoms with Crippen LogP contribution in [0.3, 0.4) is 0 Å². The van der Waals surface area contributed by atoms with Gasteiger partial charge < -0.3 is 5.73 Å². The summed E-state index contributed by atoms with van der Waals surface area (Å²) in [6, 6.07) is 11.1. The van der Waals surface area contributed by atoms with Crippen LogP contribution < -0.4 is 5.73 Å². The van der Waals surface area contributed by atoms with Crippen molar-refractivity contribution >= 4 is 39.1 Å².